The van der Waals surface area contributed by atoms with E-state index in [-0.39, 0.29) is 0 Å². The maximum absolute atomic E-state index is 4.31. The quantitative estimate of drug-likeness (QED) is 0.624. The molecule has 0 N–H and O–H groups in total. The highest BCUT2D eigenvalue weighted by Gasteiger charge is 2.28. The third-order valence-corrected chi connectivity index (χ3v) is 3.96. The Hall–Kier alpha value is -1.11. The molecule has 0 saturated carbocycles. The molecule has 97 valence electrons. The lowest BCUT2D eigenvalue weighted by atomic mass is 9.81. The zero-order valence-corrected chi connectivity index (χ0v) is 11.8. The van der Waals surface area contributed by atoms with E-state index in [9.17, 15) is 0 Å². The zero-order valence-electron chi connectivity index (χ0n) is 11.8. The minimum atomic E-state index is 0.565. The molecular formula is C17H24N. The summed E-state index contributed by atoms with van der Waals surface area (Å²) >= 11 is 0. The molecule has 0 aliphatic heterocycles. The van der Waals surface area contributed by atoms with E-state index in [1.54, 1.807) is 0 Å². The molecule has 1 nitrogen and oxygen atoms in total. The minimum Gasteiger partial charge on any atom is -0.264 e. The molecule has 0 fully saturated rings. The molecule has 0 saturated heterocycles. The number of unbranched alkanes of at least 4 members (excludes halogenated alkanes) is 2. The smallest absolute Gasteiger partial charge is 0.0308 e. The highest BCUT2D eigenvalue weighted by molar-refractivity contribution is 5.49. The molecule has 0 spiro atoms. The molecule has 1 aliphatic carbocycles. The third-order valence-electron chi connectivity index (χ3n) is 3.96. The van der Waals surface area contributed by atoms with E-state index in [0.717, 1.165) is 0 Å². The maximum Gasteiger partial charge on any atom is 0.0308 e. The number of pyridine rings is 1. The van der Waals surface area contributed by atoms with Crippen LogP contribution in [0.2, 0.25) is 0 Å². The summed E-state index contributed by atoms with van der Waals surface area (Å²) < 4.78 is 0. The molecule has 1 heteroatoms. The topological polar surface area (TPSA) is 12.9 Å². The van der Waals surface area contributed by atoms with Crippen molar-refractivity contribution in [2.45, 2.75) is 52.4 Å². The van der Waals surface area contributed by atoms with Gasteiger partial charge < -0.3 is 0 Å². The van der Waals surface area contributed by atoms with Crippen molar-refractivity contribution >= 4 is 0 Å². The van der Waals surface area contributed by atoms with Gasteiger partial charge in [0.1, 0.15) is 0 Å². The van der Waals surface area contributed by atoms with Crippen LogP contribution >= 0.6 is 0 Å². The van der Waals surface area contributed by atoms with Crippen LogP contribution in [0.5, 0.6) is 0 Å². The van der Waals surface area contributed by atoms with E-state index in [4.69, 9.17) is 0 Å². The molecule has 1 unspecified atom stereocenters. The number of rotatable bonds is 7. The molecule has 18 heavy (non-hydrogen) atoms. The highest BCUT2D eigenvalue weighted by Crippen LogP contribution is 2.42. The first-order chi connectivity index (χ1) is 8.74. The largest absolute Gasteiger partial charge is 0.264 e. The van der Waals surface area contributed by atoms with Gasteiger partial charge in [0.2, 0.25) is 0 Å². The fourth-order valence-electron chi connectivity index (χ4n) is 2.75. The molecule has 1 aromatic rings. The Kier molecular flexibility index (Phi) is 4.57. The lowest BCUT2D eigenvalue weighted by Crippen LogP contribution is -2.11. The van der Waals surface area contributed by atoms with Gasteiger partial charge in [0.25, 0.3) is 0 Å². The van der Waals surface area contributed by atoms with Crippen LogP contribution < -0.4 is 0 Å². The Bertz CT molecular complexity index is 419. The second-order valence-electron chi connectivity index (χ2n) is 5.52. The number of aryl methyl sites for hydroxylation is 1. The molecular weight excluding hydrogens is 218 g/mol. The van der Waals surface area contributed by atoms with Crippen molar-refractivity contribution in [1.82, 2.24) is 4.98 Å². The van der Waals surface area contributed by atoms with Crippen LogP contribution in [0, 0.1) is 19.3 Å². The van der Waals surface area contributed by atoms with Crippen molar-refractivity contribution in [2.75, 3.05) is 0 Å². The van der Waals surface area contributed by atoms with Crippen LogP contribution in [0.4, 0.5) is 0 Å². The van der Waals surface area contributed by atoms with Crippen molar-refractivity contribution in [3.05, 3.63) is 47.7 Å². The summed E-state index contributed by atoms with van der Waals surface area (Å²) in [5.74, 6) is 1.28. The van der Waals surface area contributed by atoms with E-state index in [1.165, 1.54) is 42.4 Å². The normalized spacial score (nSPS) is 17.2. The van der Waals surface area contributed by atoms with Crippen LogP contribution in [0.25, 0.3) is 0 Å². The number of hydrogen-bond donors (Lipinski definition) is 0. The van der Waals surface area contributed by atoms with E-state index < -0.39 is 0 Å². The monoisotopic (exact) mass is 242 g/mol. The first kappa shape index (κ1) is 13.3. The Balaban J connectivity index is 2.09. The summed E-state index contributed by atoms with van der Waals surface area (Å²) in [6.07, 6.45) is 13.8. The maximum atomic E-state index is 4.31. The van der Waals surface area contributed by atoms with Crippen molar-refractivity contribution in [2.24, 2.45) is 5.92 Å². The van der Waals surface area contributed by atoms with E-state index >= 15 is 0 Å². The van der Waals surface area contributed by atoms with Gasteiger partial charge in [-0.2, -0.15) is 0 Å². The van der Waals surface area contributed by atoms with Gasteiger partial charge in [-0.3, -0.25) is 4.98 Å². The average Bonchev–Trinajstić information content (AvgIpc) is 3.17. The summed E-state index contributed by atoms with van der Waals surface area (Å²) in [6.45, 7) is 6.86. The fourth-order valence-corrected chi connectivity index (χ4v) is 2.75. The van der Waals surface area contributed by atoms with Crippen LogP contribution in [0.15, 0.2) is 30.1 Å². The van der Waals surface area contributed by atoms with Crippen molar-refractivity contribution in [1.29, 1.82) is 0 Å². The molecule has 2 atom stereocenters. The summed E-state index contributed by atoms with van der Waals surface area (Å²) in [6, 6.07) is 2.13. The van der Waals surface area contributed by atoms with Crippen LogP contribution in [0.1, 0.15) is 56.6 Å². The predicted octanol–water partition coefficient (Wildman–Crippen LogP) is 4.83. The number of aromatic nitrogens is 1. The average molecular weight is 242 g/mol. The summed E-state index contributed by atoms with van der Waals surface area (Å²) in [5.41, 5.74) is 4.30. The van der Waals surface area contributed by atoms with Gasteiger partial charge in [-0.05, 0) is 36.5 Å². The van der Waals surface area contributed by atoms with E-state index in [2.05, 4.69) is 50.5 Å². The molecule has 0 amide bonds. The van der Waals surface area contributed by atoms with Crippen LogP contribution in [-0.2, 0) is 0 Å². The van der Waals surface area contributed by atoms with Crippen molar-refractivity contribution < 1.29 is 0 Å². The molecule has 1 radical (unpaired) electrons. The minimum absolute atomic E-state index is 0.565. The standard InChI is InChI=1S/C17H24N/c1-4-5-6-7-14(3)17(15-8-9-15)16-12-18-11-10-13(16)2/h8-12,14,17H,4-7H2,1-3H3/t14?,17-/m1/s1. The number of allylic oxidation sites excluding steroid dienone is 2. The summed E-state index contributed by atoms with van der Waals surface area (Å²) in [4.78, 5) is 4.31. The molecule has 0 bridgehead atoms. The lowest BCUT2D eigenvalue weighted by molar-refractivity contribution is 0.449. The van der Waals surface area contributed by atoms with Crippen molar-refractivity contribution in [3.63, 3.8) is 0 Å². The van der Waals surface area contributed by atoms with Crippen molar-refractivity contribution in [3.8, 4) is 0 Å². The van der Waals surface area contributed by atoms with Gasteiger partial charge in [0, 0.05) is 24.7 Å². The second-order valence-corrected chi connectivity index (χ2v) is 5.52. The summed E-state index contributed by atoms with van der Waals surface area (Å²) in [5, 5.41) is 0. The zero-order chi connectivity index (χ0) is 13.0. The van der Waals surface area contributed by atoms with Gasteiger partial charge >= 0.3 is 0 Å². The highest BCUT2D eigenvalue weighted by atomic mass is 14.6. The first-order valence-electron chi connectivity index (χ1n) is 7.19. The van der Waals surface area contributed by atoms with Gasteiger partial charge in [0.15, 0.2) is 0 Å². The summed E-state index contributed by atoms with van der Waals surface area (Å²) in [7, 11) is 0. The van der Waals surface area contributed by atoms with Gasteiger partial charge in [0.05, 0.1) is 0 Å². The first-order valence-corrected chi connectivity index (χ1v) is 7.19. The van der Waals surface area contributed by atoms with E-state index in [0.29, 0.717) is 11.8 Å². The Morgan fingerprint density at radius 1 is 1.28 bits per heavy atom. The molecule has 1 aliphatic rings. The van der Waals surface area contributed by atoms with Gasteiger partial charge in [-0.25, -0.2) is 0 Å². The Morgan fingerprint density at radius 3 is 2.67 bits per heavy atom. The molecule has 0 aromatic carbocycles. The third kappa shape index (κ3) is 3.22. The van der Waals surface area contributed by atoms with Gasteiger partial charge in [-0.1, -0.05) is 44.8 Å². The Morgan fingerprint density at radius 2 is 2.06 bits per heavy atom. The van der Waals surface area contributed by atoms with Crippen LogP contribution in [-0.4, -0.2) is 4.98 Å². The fraction of sp³-hybridized carbons (Fsp3) is 0.529. The SMILES string of the molecule is CCCCCC(C)[C@H](C1=C[CH]1)c1cnccc1C. The predicted molar refractivity (Wildman–Crippen MR) is 77.4 cm³/mol. The number of nitrogens with zero attached hydrogens (tertiary/aromatic N) is 1. The van der Waals surface area contributed by atoms with Gasteiger partial charge in [-0.15, -0.1) is 0 Å². The molecule has 1 aromatic heterocycles. The van der Waals surface area contributed by atoms with Crippen LogP contribution in [0.3, 0.4) is 0 Å². The number of hydrogen-bond acceptors (Lipinski definition) is 1. The molecule has 2 rings (SSSR count). The Labute approximate surface area is 111 Å². The molecule has 1 heterocycles. The second kappa shape index (κ2) is 6.17. The van der Waals surface area contributed by atoms with E-state index in [1.807, 2.05) is 6.20 Å². The lowest BCUT2D eigenvalue weighted by Gasteiger charge is -2.24.